The summed E-state index contributed by atoms with van der Waals surface area (Å²) >= 11 is 2.04. The maximum absolute atomic E-state index is 12.5. The van der Waals surface area contributed by atoms with E-state index in [9.17, 15) is 13.2 Å². The lowest BCUT2D eigenvalue weighted by Gasteiger charge is -2.35. The molecule has 1 aromatic carbocycles. The molecule has 1 atom stereocenters. The van der Waals surface area contributed by atoms with E-state index in [0.29, 0.717) is 18.2 Å². The van der Waals surface area contributed by atoms with Gasteiger partial charge in [0.15, 0.2) is 0 Å². The number of nitrogens with one attached hydrogen (secondary N) is 2. The lowest BCUT2D eigenvalue weighted by atomic mass is 9.96. The average Bonchev–Trinajstić information content (AvgIpc) is 3.15. The number of anilines is 1. The van der Waals surface area contributed by atoms with E-state index >= 15 is 0 Å². The van der Waals surface area contributed by atoms with Crippen molar-refractivity contribution < 1.29 is 13.2 Å². The zero-order chi connectivity index (χ0) is 18.6. The molecule has 1 amide bonds. The number of likely N-dealkylation sites (tertiary alicyclic amines) is 1. The van der Waals surface area contributed by atoms with Crippen molar-refractivity contribution in [3.63, 3.8) is 0 Å². The molecule has 0 unspecified atom stereocenters. The predicted molar refractivity (Wildman–Crippen MR) is 106 cm³/mol. The van der Waals surface area contributed by atoms with Crippen molar-refractivity contribution in [1.29, 1.82) is 0 Å². The molecular weight excluding hydrogens is 370 g/mol. The quantitative estimate of drug-likeness (QED) is 0.769. The first-order chi connectivity index (χ1) is 12.4. The van der Waals surface area contributed by atoms with Crippen molar-refractivity contribution in [2.24, 2.45) is 5.92 Å². The van der Waals surface area contributed by atoms with Gasteiger partial charge in [-0.05, 0) is 68.3 Å². The average molecular weight is 398 g/mol. The molecule has 6 nitrogen and oxygen atoms in total. The molecule has 2 N–H and O–H groups in total. The Morgan fingerprint density at radius 1 is 1.19 bits per heavy atom. The Labute approximate surface area is 160 Å². The smallest absolute Gasteiger partial charge is 0.240 e. The number of carbonyl (C=O) groups is 1. The normalized spacial score (nSPS) is 22.4. The maximum Gasteiger partial charge on any atom is 0.240 e. The minimum atomic E-state index is -3.51. The fourth-order valence-electron chi connectivity index (χ4n) is 3.56. The highest BCUT2D eigenvalue weighted by atomic mass is 32.2. The fourth-order valence-corrected chi connectivity index (χ4v) is 5.93. The molecule has 1 aromatic rings. The van der Waals surface area contributed by atoms with Crippen LogP contribution in [-0.2, 0) is 14.8 Å². The van der Waals surface area contributed by atoms with Gasteiger partial charge in [-0.25, -0.2) is 13.1 Å². The van der Waals surface area contributed by atoms with E-state index in [4.69, 9.17) is 0 Å². The number of hydrogen-bond donors (Lipinski definition) is 2. The second kappa shape index (κ2) is 8.73. The lowest BCUT2D eigenvalue weighted by Crippen LogP contribution is -2.43. The summed E-state index contributed by atoms with van der Waals surface area (Å²) in [6.07, 6.45) is 3.38. The van der Waals surface area contributed by atoms with E-state index in [1.165, 1.54) is 37.0 Å². The van der Waals surface area contributed by atoms with E-state index in [0.717, 1.165) is 32.0 Å². The molecule has 2 saturated heterocycles. The highest BCUT2D eigenvalue weighted by molar-refractivity contribution is 7.99. The number of piperidine rings is 1. The van der Waals surface area contributed by atoms with Crippen LogP contribution in [0.1, 0.15) is 26.2 Å². The van der Waals surface area contributed by atoms with Crippen molar-refractivity contribution in [1.82, 2.24) is 9.62 Å². The topological polar surface area (TPSA) is 78.5 Å². The Balaban J connectivity index is 1.48. The third-order valence-electron chi connectivity index (χ3n) is 5.12. The summed E-state index contributed by atoms with van der Waals surface area (Å²) in [6, 6.07) is 6.98. The standard InChI is InChI=1S/C18H27N3O3S2/c1-14(22)20-16-2-4-18(5-3-16)26(23,24)19-12-15-6-9-21(10-7-15)17-8-11-25-13-17/h2-5,15,17,19H,6-13H2,1H3,(H,20,22)/t17-/m0/s1. The second-order valence-corrected chi connectivity index (χ2v) is 9.97. The van der Waals surface area contributed by atoms with E-state index < -0.39 is 10.0 Å². The number of nitrogens with zero attached hydrogens (tertiary/aromatic N) is 1. The van der Waals surface area contributed by atoms with Crippen LogP contribution in [0.5, 0.6) is 0 Å². The van der Waals surface area contributed by atoms with Gasteiger partial charge in [0.05, 0.1) is 4.90 Å². The first-order valence-electron chi connectivity index (χ1n) is 9.13. The van der Waals surface area contributed by atoms with Gasteiger partial charge in [-0.2, -0.15) is 11.8 Å². The summed E-state index contributed by atoms with van der Waals surface area (Å²) in [5.41, 5.74) is 0.592. The third-order valence-corrected chi connectivity index (χ3v) is 7.70. The van der Waals surface area contributed by atoms with Crippen LogP contribution in [-0.4, -0.2) is 56.4 Å². The zero-order valence-corrected chi connectivity index (χ0v) is 16.7. The Hall–Kier alpha value is -1.09. The molecule has 0 bridgehead atoms. The van der Waals surface area contributed by atoms with Crippen LogP contribution in [0.4, 0.5) is 5.69 Å². The molecule has 2 aliphatic heterocycles. The minimum Gasteiger partial charge on any atom is -0.326 e. The molecule has 0 saturated carbocycles. The number of thioether (sulfide) groups is 1. The number of hydrogen-bond acceptors (Lipinski definition) is 5. The number of carbonyl (C=O) groups excluding carboxylic acids is 1. The first-order valence-corrected chi connectivity index (χ1v) is 11.8. The Morgan fingerprint density at radius 2 is 1.88 bits per heavy atom. The predicted octanol–water partition coefficient (Wildman–Crippen LogP) is 2.14. The van der Waals surface area contributed by atoms with Crippen LogP contribution in [0.25, 0.3) is 0 Å². The molecular formula is C18H27N3O3S2. The van der Waals surface area contributed by atoms with Crippen molar-refractivity contribution in [3.8, 4) is 0 Å². The summed E-state index contributed by atoms with van der Waals surface area (Å²) in [6.45, 7) is 4.05. The molecule has 3 rings (SSSR count). The van der Waals surface area contributed by atoms with Gasteiger partial charge in [-0.15, -0.1) is 0 Å². The van der Waals surface area contributed by atoms with E-state index in [2.05, 4.69) is 14.9 Å². The SMILES string of the molecule is CC(=O)Nc1ccc(S(=O)(=O)NCC2CCN([C@H]3CCSC3)CC2)cc1. The van der Waals surface area contributed by atoms with E-state index in [1.54, 1.807) is 12.1 Å². The summed E-state index contributed by atoms with van der Waals surface area (Å²) in [7, 11) is -3.51. The maximum atomic E-state index is 12.5. The molecule has 2 heterocycles. The van der Waals surface area contributed by atoms with Crippen LogP contribution in [0, 0.1) is 5.92 Å². The van der Waals surface area contributed by atoms with Gasteiger partial charge in [0, 0.05) is 31.0 Å². The minimum absolute atomic E-state index is 0.179. The van der Waals surface area contributed by atoms with Gasteiger partial charge in [0.1, 0.15) is 0 Å². The van der Waals surface area contributed by atoms with Gasteiger partial charge < -0.3 is 5.32 Å². The third kappa shape index (κ3) is 5.22. The van der Waals surface area contributed by atoms with E-state index in [1.807, 2.05) is 11.8 Å². The second-order valence-electron chi connectivity index (χ2n) is 7.05. The molecule has 2 aliphatic rings. The number of rotatable bonds is 6. The molecule has 2 fully saturated rings. The van der Waals surface area contributed by atoms with Gasteiger partial charge >= 0.3 is 0 Å². The highest BCUT2D eigenvalue weighted by Gasteiger charge is 2.28. The van der Waals surface area contributed by atoms with Crippen LogP contribution in [0.15, 0.2) is 29.2 Å². The number of sulfonamides is 1. The number of benzene rings is 1. The van der Waals surface area contributed by atoms with Crippen molar-refractivity contribution in [2.75, 3.05) is 36.5 Å². The van der Waals surface area contributed by atoms with E-state index in [-0.39, 0.29) is 10.8 Å². The summed E-state index contributed by atoms with van der Waals surface area (Å²) in [5.74, 6) is 2.73. The molecule has 144 valence electrons. The monoisotopic (exact) mass is 397 g/mol. The molecule has 0 aliphatic carbocycles. The van der Waals surface area contributed by atoms with Crippen LogP contribution >= 0.6 is 11.8 Å². The molecule has 0 radical (unpaired) electrons. The summed E-state index contributed by atoms with van der Waals surface area (Å²) in [4.78, 5) is 13.8. The zero-order valence-electron chi connectivity index (χ0n) is 15.1. The molecule has 0 spiro atoms. The van der Waals surface area contributed by atoms with Crippen LogP contribution in [0.3, 0.4) is 0 Å². The Morgan fingerprint density at radius 3 is 2.46 bits per heavy atom. The molecule has 26 heavy (non-hydrogen) atoms. The Kier molecular flexibility index (Phi) is 6.60. The van der Waals surface area contributed by atoms with Crippen molar-refractivity contribution in [2.45, 2.75) is 37.1 Å². The number of amides is 1. The molecule has 8 heteroatoms. The van der Waals surface area contributed by atoms with Crippen LogP contribution < -0.4 is 10.0 Å². The molecule has 0 aromatic heterocycles. The van der Waals surface area contributed by atoms with Gasteiger partial charge in [0.2, 0.25) is 15.9 Å². The largest absolute Gasteiger partial charge is 0.326 e. The summed E-state index contributed by atoms with van der Waals surface area (Å²) < 4.78 is 27.7. The summed E-state index contributed by atoms with van der Waals surface area (Å²) in [5, 5.41) is 2.63. The van der Waals surface area contributed by atoms with Crippen LogP contribution in [0.2, 0.25) is 0 Å². The van der Waals surface area contributed by atoms with Gasteiger partial charge in [-0.1, -0.05) is 0 Å². The van der Waals surface area contributed by atoms with Crippen molar-refractivity contribution in [3.05, 3.63) is 24.3 Å². The van der Waals surface area contributed by atoms with Gasteiger partial charge in [-0.3, -0.25) is 9.69 Å². The Bertz CT molecular complexity index is 708. The van der Waals surface area contributed by atoms with Gasteiger partial charge in [0.25, 0.3) is 0 Å². The first kappa shape index (κ1) is 19.7. The fraction of sp³-hybridized carbons (Fsp3) is 0.611. The highest BCUT2D eigenvalue weighted by Crippen LogP contribution is 2.27. The lowest BCUT2D eigenvalue weighted by molar-refractivity contribution is -0.114. The van der Waals surface area contributed by atoms with Crippen molar-refractivity contribution >= 4 is 33.4 Å².